The van der Waals surface area contributed by atoms with Gasteiger partial charge in [0.25, 0.3) is 0 Å². The van der Waals surface area contributed by atoms with Gasteiger partial charge in [-0.15, -0.1) is 11.6 Å². The van der Waals surface area contributed by atoms with Crippen LogP contribution in [0.5, 0.6) is 0 Å². The summed E-state index contributed by atoms with van der Waals surface area (Å²) in [6.07, 6.45) is 5.69. The number of nitrogens with one attached hydrogen (secondary N) is 1. The van der Waals surface area contributed by atoms with E-state index in [9.17, 15) is 9.59 Å². The first kappa shape index (κ1) is 15.3. The van der Waals surface area contributed by atoms with Gasteiger partial charge in [0.1, 0.15) is 5.38 Å². The molecule has 1 rings (SSSR count). The van der Waals surface area contributed by atoms with Crippen LogP contribution in [0.25, 0.3) is 0 Å². The van der Waals surface area contributed by atoms with Crippen molar-refractivity contribution in [2.45, 2.75) is 50.8 Å². The van der Waals surface area contributed by atoms with Crippen LogP contribution in [0, 0.1) is 5.41 Å². The smallest absolute Gasteiger partial charge is 0.306 e. The number of carbonyl (C=O) groups is 2. The molecule has 0 bridgehead atoms. The fourth-order valence-electron chi connectivity index (χ4n) is 2.51. The number of esters is 1. The van der Waals surface area contributed by atoms with Crippen LogP contribution < -0.4 is 5.32 Å². The maximum Gasteiger partial charge on any atom is 0.306 e. The first-order valence-electron chi connectivity index (χ1n) is 6.48. The third-order valence-electron chi connectivity index (χ3n) is 3.66. The molecule has 4 nitrogen and oxygen atoms in total. The highest BCUT2D eigenvalue weighted by Gasteiger charge is 2.35. The van der Waals surface area contributed by atoms with Gasteiger partial charge in [0.15, 0.2) is 0 Å². The van der Waals surface area contributed by atoms with Crippen LogP contribution in [0.15, 0.2) is 0 Å². The van der Waals surface area contributed by atoms with Crippen molar-refractivity contribution in [3.05, 3.63) is 0 Å². The average Bonchev–Trinajstić information content (AvgIpc) is 2.36. The molecule has 18 heavy (non-hydrogen) atoms. The number of hydrogen-bond acceptors (Lipinski definition) is 3. The minimum absolute atomic E-state index is 0.146. The Labute approximate surface area is 113 Å². The lowest BCUT2D eigenvalue weighted by Crippen LogP contribution is -2.42. The molecule has 0 aromatic rings. The number of halogens is 1. The van der Waals surface area contributed by atoms with Crippen molar-refractivity contribution >= 4 is 23.5 Å². The molecule has 0 saturated heterocycles. The Bertz CT molecular complexity index is 299. The lowest BCUT2D eigenvalue weighted by Gasteiger charge is -2.36. The second-order valence-electron chi connectivity index (χ2n) is 5.15. The van der Waals surface area contributed by atoms with Crippen molar-refractivity contribution in [2.75, 3.05) is 13.7 Å². The molecule has 5 heteroatoms. The Kier molecular flexibility index (Phi) is 5.93. The zero-order chi connectivity index (χ0) is 13.6. The largest absolute Gasteiger partial charge is 0.469 e. The molecule has 0 aromatic carbocycles. The summed E-state index contributed by atoms with van der Waals surface area (Å²) in [5.74, 6) is -0.378. The highest BCUT2D eigenvalue weighted by Crippen LogP contribution is 2.39. The topological polar surface area (TPSA) is 55.4 Å². The Balaban J connectivity index is 2.59. The average molecular weight is 276 g/mol. The van der Waals surface area contributed by atoms with Gasteiger partial charge in [-0.2, -0.15) is 0 Å². The first-order chi connectivity index (χ1) is 8.49. The minimum Gasteiger partial charge on any atom is -0.469 e. The molecule has 1 N–H and O–H groups in total. The molecule has 0 spiro atoms. The van der Waals surface area contributed by atoms with E-state index in [4.69, 9.17) is 16.3 Å². The van der Waals surface area contributed by atoms with Gasteiger partial charge in [-0.25, -0.2) is 0 Å². The Morgan fingerprint density at radius 1 is 1.33 bits per heavy atom. The van der Waals surface area contributed by atoms with Crippen molar-refractivity contribution in [2.24, 2.45) is 5.41 Å². The number of alkyl halides is 1. The van der Waals surface area contributed by atoms with Gasteiger partial charge in [-0.05, 0) is 25.2 Å². The molecular formula is C13H22ClNO3. The highest BCUT2D eigenvalue weighted by atomic mass is 35.5. The van der Waals surface area contributed by atoms with Crippen LogP contribution in [0.1, 0.15) is 45.4 Å². The van der Waals surface area contributed by atoms with E-state index in [1.54, 1.807) is 6.92 Å². The summed E-state index contributed by atoms with van der Waals surface area (Å²) < 4.78 is 4.75. The van der Waals surface area contributed by atoms with Crippen molar-refractivity contribution in [3.63, 3.8) is 0 Å². The summed E-state index contributed by atoms with van der Waals surface area (Å²) in [7, 11) is 1.40. The third kappa shape index (κ3) is 4.48. The third-order valence-corrected chi connectivity index (χ3v) is 3.86. The minimum atomic E-state index is -0.538. The number of carbonyl (C=O) groups excluding carboxylic acids is 2. The van der Waals surface area contributed by atoms with Crippen molar-refractivity contribution in [1.29, 1.82) is 0 Å². The SMILES string of the molecule is COC(=O)CC1(CNC(=O)C(C)Cl)CCCCC1. The van der Waals surface area contributed by atoms with Gasteiger partial charge in [0.05, 0.1) is 13.5 Å². The standard InChI is InChI=1S/C13H22ClNO3/c1-10(14)12(17)15-9-13(8-11(16)18-2)6-4-3-5-7-13/h10H,3-9H2,1-2H3,(H,15,17). The summed E-state index contributed by atoms with van der Waals surface area (Å²) in [6, 6.07) is 0. The first-order valence-corrected chi connectivity index (χ1v) is 6.91. The summed E-state index contributed by atoms with van der Waals surface area (Å²) >= 11 is 5.72. The van der Waals surface area contributed by atoms with E-state index in [1.165, 1.54) is 13.5 Å². The molecule has 1 atom stereocenters. The molecule has 1 aliphatic rings. The van der Waals surface area contributed by atoms with Crippen LogP contribution >= 0.6 is 11.6 Å². The van der Waals surface area contributed by atoms with Crippen molar-refractivity contribution in [1.82, 2.24) is 5.32 Å². The normalized spacial score (nSPS) is 19.9. The quantitative estimate of drug-likeness (QED) is 0.618. The van der Waals surface area contributed by atoms with Gasteiger partial charge < -0.3 is 10.1 Å². The van der Waals surface area contributed by atoms with E-state index in [-0.39, 0.29) is 17.3 Å². The molecule has 0 aliphatic heterocycles. The Hall–Kier alpha value is -0.770. The van der Waals surface area contributed by atoms with Gasteiger partial charge in [-0.1, -0.05) is 19.3 Å². The lowest BCUT2D eigenvalue weighted by atomic mass is 9.71. The molecule has 0 heterocycles. The van der Waals surface area contributed by atoms with Gasteiger partial charge >= 0.3 is 5.97 Å². The molecule has 104 valence electrons. The molecule has 0 aromatic heterocycles. The second kappa shape index (κ2) is 6.98. The monoisotopic (exact) mass is 275 g/mol. The Morgan fingerprint density at radius 3 is 2.44 bits per heavy atom. The van der Waals surface area contributed by atoms with E-state index in [1.807, 2.05) is 0 Å². The molecule has 1 amide bonds. The second-order valence-corrected chi connectivity index (χ2v) is 5.80. The zero-order valence-corrected chi connectivity index (χ0v) is 11.9. The fourth-order valence-corrected chi connectivity index (χ4v) is 2.59. The maximum atomic E-state index is 11.5. The predicted molar refractivity (Wildman–Crippen MR) is 70.5 cm³/mol. The summed E-state index contributed by atoms with van der Waals surface area (Å²) in [4.78, 5) is 23.0. The van der Waals surface area contributed by atoms with Crippen LogP contribution in [-0.4, -0.2) is 30.9 Å². The van der Waals surface area contributed by atoms with Gasteiger partial charge in [0, 0.05) is 6.54 Å². The molecular weight excluding hydrogens is 254 g/mol. The van der Waals surface area contributed by atoms with Crippen molar-refractivity contribution < 1.29 is 14.3 Å². The zero-order valence-electron chi connectivity index (χ0n) is 11.1. The molecule has 1 fully saturated rings. The van der Waals surface area contributed by atoms with Gasteiger partial charge in [0.2, 0.25) is 5.91 Å². The van der Waals surface area contributed by atoms with E-state index in [0.29, 0.717) is 13.0 Å². The summed E-state index contributed by atoms with van der Waals surface area (Å²) in [5.41, 5.74) is -0.146. The number of ether oxygens (including phenoxy) is 1. The lowest BCUT2D eigenvalue weighted by molar-refractivity contribution is -0.144. The summed E-state index contributed by atoms with van der Waals surface area (Å²) in [5, 5.41) is 2.31. The van der Waals surface area contributed by atoms with Crippen LogP contribution in [0.4, 0.5) is 0 Å². The predicted octanol–water partition coefficient (Wildman–Crippen LogP) is 2.24. The van der Waals surface area contributed by atoms with Gasteiger partial charge in [-0.3, -0.25) is 9.59 Å². The van der Waals surface area contributed by atoms with E-state index >= 15 is 0 Å². The Morgan fingerprint density at radius 2 is 1.94 bits per heavy atom. The molecule has 1 saturated carbocycles. The van der Waals surface area contributed by atoms with Crippen molar-refractivity contribution in [3.8, 4) is 0 Å². The number of rotatable bonds is 5. The van der Waals surface area contributed by atoms with Crippen LogP contribution in [0.2, 0.25) is 0 Å². The number of methoxy groups -OCH3 is 1. The van der Waals surface area contributed by atoms with Crippen LogP contribution in [-0.2, 0) is 14.3 Å². The number of hydrogen-bond donors (Lipinski definition) is 1. The molecule has 1 unspecified atom stereocenters. The molecule has 1 aliphatic carbocycles. The fraction of sp³-hybridized carbons (Fsp3) is 0.846. The highest BCUT2D eigenvalue weighted by molar-refractivity contribution is 6.30. The van der Waals surface area contributed by atoms with E-state index in [2.05, 4.69) is 5.32 Å². The van der Waals surface area contributed by atoms with E-state index in [0.717, 1.165) is 25.7 Å². The summed E-state index contributed by atoms with van der Waals surface area (Å²) in [6.45, 7) is 2.16. The number of amides is 1. The van der Waals surface area contributed by atoms with E-state index < -0.39 is 5.38 Å². The maximum absolute atomic E-state index is 11.5. The van der Waals surface area contributed by atoms with Crippen LogP contribution in [0.3, 0.4) is 0 Å². The molecule has 0 radical (unpaired) electrons.